The van der Waals surface area contributed by atoms with Crippen LogP contribution in [0.25, 0.3) is 0 Å². The zero-order chi connectivity index (χ0) is 14.5. The molecule has 1 aliphatic rings. The van der Waals surface area contributed by atoms with Gasteiger partial charge in [0.15, 0.2) is 0 Å². The summed E-state index contributed by atoms with van der Waals surface area (Å²) >= 11 is 1.33. The molecule has 6 nitrogen and oxygen atoms in total. The summed E-state index contributed by atoms with van der Waals surface area (Å²) < 4.78 is 5.30. The highest BCUT2D eigenvalue weighted by atomic mass is 32.1. The van der Waals surface area contributed by atoms with E-state index < -0.39 is 6.04 Å². The van der Waals surface area contributed by atoms with E-state index in [1.54, 1.807) is 24.0 Å². The molecule has 2 rings (SSSR count). The number of aliphatic hydroxyl groups is 1. The topological polar surface area (TPSA) is 78.9 Å². The van der Waals surface area contributed by atoms with Crippen LogP contribution < -0.4 is 5.32 Å². The van der Waals surface area contributed by atoms with Crippen molar-refractivity contribution < 1.29 is 19.4 Å². The second-order valence-corrected chi connectivity index (χ2v) is 5.58. The summed E-state index contributed by atoms with van der Waals surface area (Å²) in [6, 6.07) is 2.91. The molecule has 0 saturated carbocycles. The third-order valence-corrected chi connectivity index (χ3v) is 3.99. The van der Waals surface area contributed by atoms with Crippen LogP contribution in [-0.2, 0) is 9.53 Å². The van der Waals surface area contributed by atoms with E-state index in [2.05, 4.69) is 5.32 Å². The summed E-state index contributed by atoms with van der Waals surface area (Å²) in [6.45, 7) is 2.79. The lowest BCUT2D eigenvalue weighted by Crippen LogP contribution is -2.53. The third kappa shape index (κ3) is 3.56. The maximum absolute atomic E-state index is 12.2. The maximum atomic E-state index is 12.2. The Balaban J connectivity index is 1.90. The predicted octanol–water partition coefficient (Wildman–Crippen LogP) is 0.0861. The van der Waals surface area contributed by atoms with Gasteiger partial charge in [0.05, 0.1) is 24.2 Å². The minimum atomic E-state index is -0.595. The number of carbonyl (C=O) groups excluding carboxylic acids is 2. The van der Waals surface area contributed by atoms with Crippen molar-refractivity contribution in [3.8, 4) is 0 Å². The van der Waals surface area contributed by atoms with Gasteiger partial charge in [0.2, 0.25) is 5.91 Å². The number of nitrogens with zero attached hydrogens (tertiary/aromatic N) is 1. The highest BCUT2D eigenvalue weighted by Crippen LogP contribution is 2.10. The molecule has 1 aromatic heterocycles. The zero-order valence-corrected chi connectivity index (χ0v) is 12.1. The number of hydrogen-bond acceptors (Lipinski definition) is 5. The van der Waals surface area contributed by atoms with Gasteiger partial charge in [-0.2, -0.15) is 0 Å². The number of ether oxygens (including phenoxy) is 1. The van der Waals surface area contributed by atoms with E-state index in [1.165, 1.54) is 11.3 Å². The fraction of sp³-hybridized carbons (Fsp3) is 0.538. The maximum Gasteiger partial charge on any atom is 0.261 e. The van der Waals surface area contributed by atoms with E-state index in [1.807, 2.05) is 5.38 Å². The Hall–Kier alpha value is -1.44. The van der Waals surface area contributed by atoms with E-state index in [0.29, 0.717) is 24.6 Å². The molecule has 2 amide bonds. The molecule has 0 radical (unpaired) electrons. The molecule has 2 unspecified atom stereocenters. The van der Waals surface area contributed by atoms with Gasteiger partial charge in [0, 0.05) is 13.1 Å². The third-order valence-electron chi connectivity index (χ3n) is 3.12. The molecule has 0 aromatic carbocycles. The van der Waals surface area contributed by atoms with E-state index in [0.717, 1.165) is 0 Å². The Bertz CT molecular complexity index is 463. The first-order valence-electron chi connectivity index (χ1n) is 6.47. The van der Waals surface area contributed by atoms with Gasteiger partial charge in [-0.05, 0) is 18.4 Å². The molecule has 2 atom stereocenters. The molecule has 0 spiro atoms. The van der Waals surface area contributed by atoms with E-state index in [4.69, 9.17) is 9.84 Å². The highest BCUT2D eigenvalue weighted by molar-refractivity contribution is 7.12. The number of rotatable bonds is 4. The molecule has 2 heterocycles. The van der Waals surface area contributed by atoms with Crippen LogP contribution in [0.3, 0.4) is 0 Å². The Morgan fingerprint density at radius 1 is 1.65 bits per heavy atom. The van der Waals surface area contributed by atoms with Gasteiger partial charge in [-0.3, -0.25) is 9.59 Å². The molecule has 110 valence electrons. The van der Waals surface area contributed by atoms with Gasteiger partial charge in [-0.15, -0.1) is 11.3 Å². The van der Waals surface area contributed by atoms with Crippen molar-refractivity contribution >= 4 is 23.2 Å². The molecule has 2 N–H and O–H groups in total. The number of morpholine rings is 1. The Morgan fingerprint density at radius 3 is 3.10 bits per heavy atom. The minimum absolute atomic E-state index is 0.111. The van der Waals surface area contributed by atoms with E-state index in [9.17, 15) is 9.59 Å². The van der Waals surface area contributed by atoms with Crippen molar-refractivity contribution in [1.82, 2.24) is 10.2 Å². The Kier molecular flexibility index (Phi) is 5.11. The van der Waals surface area contributed by atoms with Gasteiger partial charge in [-0.1, -0.05) is 6.07 Å². The summed E-state index contributed by atoms with van der Waals surface area (Å²) in [5.41, 5.74) is 0. The first-order chi connectivity index (χ1) is 9.61. The quantitative estimate of drug-likeness (QED) is 0.825. The fourth-order valence-electron chi connectivity index (χ4n) is 2.04. The summed E-state index contributed by atoms with van der Waals surface area (Å²) in [5, 5.41) is 13.6. The lowest BCUT2D eigenvalue weighted by Gasteiger charge is -2.33. The lowest BCUT2D eigenvalue weighted by molar-refractivity contribution is -0.141. The monoisotopic (exact) mass is 298 g/mol. The van der Waals surface area contributed by atoms with Gasteiger partial charge < -0.3 is 20.1 Å². The first kappa shape index (κ1) is 15.0. The van der Waals surface area contributed by atoms with Crippen LogP contribution in [-0.4, -0.2) is 60.3 Å². The van der Waals surface area contributed by atoms with E-state index in [-0.39, 0.29) is 24.5 Å². The van der Waals surface area contributed by atoms with Crippen molar-refractivity contribution in [2.45, 2.75) is 19.1 Å². The molecule has 1 aromatic rings. The molecule has 1 aliphatic heterocycles. The van der Waals surface area contributed by atoms with Crippen LogP contribution in [0.4, 0.5) is 0 Å². The molecule has 1 saturated heterocycles. The van der Waals surface area contributed by atoms with Crippen LogP contribution in [0.5, 0.6) is 0 Å². The summed E-state index contributed by atoms with van der Waals surface area (Å²) in [5.74, 6) is -0.399. The normalized spacial score (nSPS) is 20.5. The number of thiophene rings is 1. The first-order valence-corrected chi connectivity index (χ1v) is 7.35. The van der Waals surface area contributed by atoms with Gasteiger partial charge >= 0.3 is 0 Å². The molecule has 20 heavy (non-hydrogen) atoms. The van der Waals surface area contributed by atoms with Crippen LogP contribution in [0.2, 0.25) is 0 Å². The van der Waals surface area contributed by atoms with Gasteiger partial charge in [0.1, 0.15) is 6.04 Å². The van der Waals surface area contributed by atoms with Crippen LogP contribution in [0.1, 0.15) is 16.6 Å². The SMILES string of the molecule is CC(NC(=O)c1cccs1)C(=O)N1CCOC(CO)C1. The Morgan fingerprint density at radius 2 is 2.45 bits per heavy atom. The van der Waals surface area contributed by atoms with E-state index >= 15 is 0 Å². The van der Waals surface area contributed by atoms with Gasteiger partial charge in [0.25, 0.3) is 5.91 Å². The molecule has 0 aliphatic carbocycles. The largest absolute Gasteiger partial charge is 0.394 e. The van der Waals surface area contributed by atoms with Gasteiger partial charge in [-0.25, -0.2) is 0 Å². The van der Waals surface area contributed by atoms with Crippen LogP contribution in [0, 0.1) is 0 Å². The van der Waals surface area contributed by atoms with Crippen molar-refractivity contribution in [3.63, 3.8) is 0 Å². The number of nitrogens with one attached hydrogen (secondary N) is 1. The van der Waals surface area contributed by atoms with Crippen LogP contribution in [0.15, 0.2) is 17.5 Å². The predicted molar refractivity (Wildman–Crippen MR) is 74.7 cm³/mol. The summed E-state index contributed by atoms with van der Waals surface area (Å²) in [6.07, 6.45) is -0.340. The van der Waals surface area contributed by atoms with Crippen LogP contribution >= 0.6 is 11.3 Å². The minimum Gasteiger partial charge on any atom is -0.394 e. The van der Waals surface area contributed by atoms with Crippen molar-refractivity contribution in [1.29, 1.82) is 0 Å². The molecule has 1 fully saturated rings. The second-order valence-electron chi connectivity index (χ2n) is 4.63. The number of amides is 2. The fourth-order valence-corrected chi connectivity index (χ4v) is 2.67. The molecular formula is C13H18N2O4S. The average molecular weight is 298 g/mol. The summed E-state index contributed by atoms with van der Waals surface area (Å²) in [4.78, 5) is 26.3. The smallest absolute Gasteiger partial charge is 0.261 e. The molecule has 7 heteroatoms. The Labute approximate surface area is 121 Å². The van der Waals surface area contributed by atoms with Crippen molar-refractivity contribution in [3.05, 3.63) is 22.4 Å². The number of carbonyl (C=O) groups is 2. The van der Waals surface area contributed by atoms with Crippen molar-refractivity contribution in [2.75, 3.05) is 26.3 Å². The number of aliphatic hydroxyl groups excluding tert-OH is 1. The summed E-state index contributed by atoms with van der Waals surface area (Å²) in [7, 11) is 0. The molecular weight excluding hydrogens is 280 g/mol. The average Bonchev–Trinajstić information content (AvgIpc) is 3.00. The molecule has 0 bridgehead atoms. The second kappa shape index (κ2) is 6.83. The highest BCUT2D eigenvalue weighted by Gasteiger charge is 2.27. The zero-order valence-electron chi connectivity index (χ0n) is 11.2. The van der Waals surface area contributed by atoms with Crippen molar-refractivity contribution in [2.24, 2.45) is 0 Å². The lowest BCUT2D eigenvalue weighted by atomic mass is 10.2. The number of hydrogen-bond donors (Lipinski definition) is 2. The standard InChI is InChI=1S/C13H18N2O4S/c1-9(14-12(17)11-3-2-6-20-11)13(18)15-4-5-19-10(7-15)8-16/h2-3,6,9-10,16H,4-5,7-8H2,1H3,(H,14,17).